The number of para-hydroxylation sites is 1. The van der Waals surface area contributed by atoms with Gasteiger partial charge in [0.15, 0.2) is 5.78 Å². The number of hydrogen-bond acceptors (Lipinski definition) is 7. The lowest BCUT2D eigenvalue weighted by atomic mass is 10.1. The van der Waals surface area contributed by atoms with Crippen molar-refractivity contribution in [2.24, 2.45) is 0 Å². The van der Waals surface area contributed by atoms with Crippen LogP contribution in [0.5, 0.6) is 0 Å². The van der Waals surface area contributed by atoms with Gasteiger partial charge in [-0.05, 0) is 37.4 Å². The fourth-order valence-corrected chi connectivity index (χ4v) is 3.42. The molecule has 0 fully saturated rings. The molecule has 0 aliphatic carbocycles. The fraction of sp³-hybridized carbons (Fsp3) is 0.176. The maximum atomic E-state index is 12.4. The molecule has 3 rings (SSSR count). The standard InChI is InChI=1S/C17H15N3O3S2/c1-10(21)12-6-3-4-7-13(12)18-15(22)11(2)25-17-20-19-16(23-17)14-8-5-9-24-14/h3-9,11H,1-2H3,(H,18,22)/t11-/m1/s1. The lowest BCUT2D eigenvalue weighted by Gasteiger charge is -2.12. The molecule has 0 unspecified atom stereocenters. The fourth-order valence-electron chi connectivity index (χ4n) is 2.10. The highest BCUT2D eigenvalue weighted by Crippen LogP contribution is 2.29. The van der Waals surface area contributed by atoms with Gasteiger partial charge in [-0.15, -0.1) is 21.5 Å². The van der Waals surface area contributed by atoms with E-state index < -0.39 is 5.25 Å². The number of anilines is 1. The summed E-state index contributed by atoms with van der Waals surface area (Å²) in [4.78, 5) is 24.9. The van der Waals surface area contributed by atoms with E-state index >= 15 is 0 Å². The second-order valence-corrected chi connectivity index (χ2v) is 7.44. The first-order valence-electron chi connectivity index (χ1n) is 7.49. The molecule has 0 saturated heterocycles. The minimum atomic E-state index is -0.461. The first-order chi connectivity index (χ1) is 12.0. The topological polar surface area (TPSA) is 85.1 Å². The zero-order chi connectivity index (χ0) is 17.8. The van der Waals surface area contributed by atoms with Gasteiger partial charge >= 0.3 is 0 Å². The Morgan fingerprint density at radius 3 is 2.72 bits per heavy atom. The molecule has 8 heteroatoms. The van der Waals surface area contributed by atoms with Crippen LogP contribution in [-0.2, 0) is 4.79 Å². The van der Waals surface area contributed by atoms with Crippen molar-refractivity contribution in [3.05, 3.63) is 47.3 Å². The highest BCUT2D eigenvalue weighted by atomic mass is 32.2. The second-order valence-electron chi connectivity index (χ2n) is 5.20. The number of carbonyl (C=O) groups is 2. The first-order valence-corrected chi connectivity index (χ1v) is 9.25. The Labute approximate surface area is 152 Å². The van der Waals surface area contributed by atoms with Gasteiger partial charge in [0.2, 0.25) is 5.91 Å². The van der Waals surface area contributed by atoms with Gasteiger partial charge in [0.25, 0.3) is 11.1 Å². The molecule has 1 atom stereocenters. The number of Topliss-reactive ketones (excluding diaryl/α,β-unsaturated/α-hetero) is 1. The van der Waals surface area contributed by atoms with Gasteiger partial charge < -0.3 is 9.73 Å². The first kappa shape index (κ1) is 17.4. The monoisotopic (exact) mass is 373 g/mol. The van der Waals surface area contributed by atoms with Crippen molar-refractivity contribution in [3.63, 3.8) is 0 Å². The number of thiophene rings is 1. The van der Waals surface area contributed by atoms with Crippen molar-refractivity contribution in [2.75, 3.05) is 5.32 Å². The molecule has 2 heterocycles. The van der Waals surface area contributed by atoms with E-state index in [-0.39, 0.29) is 11.7 Å². The third-order valence-electron chi connectivity index (χ3n) is 3.35. The maximum absolute atomic E-state index is 12.4. The van der Waals surface area contributed by atoms with Crippen LogP contribution in [0.1, 0.15) is 24.2 Å². The smallest absolute Gasteiger partial charge is 0.277 e. The summed E-state index contributed by atoms with van der Waals surface area (Å²) >= 11 is 2.67. The van der Waals surface area contributed by atoms with Crippen LogP contribution < -0.4 is 5.32 Å². The molecule has 1 aromatic carbocycles. The Hall–Kier alpha value is -2.45. The summed E-state index contributed by atoms with van der Waals surface area (Å²) in [5.74, 6) is 0.0929. The van der Waals surface area contributed by atoms with E-state index in [1.165, 1.54) is 30.0 Å². The Morgan fingerprint density at radius 2 is 2.00 bits per heavy atom. The van der Waals surface area contributed by atoms with Crippen LogP contribution in [0.15, 0.2) is 51.4 Å². The highest BCUT2D eigenvalue weighted by molar-refractivity contribution is 8.00. The van der Waals surface area contributed by atoms with Gasteiger partial charge in [0.1, 0.15) is 0 Å². The number of amides is 1. The van der Waals surface area contributed by atoms with Crippen molar-refractivity contribution in [1.29, 1.82) is 0 Å². The van der Waals surface area contributed by atoms with E-state index in [1.807, 2.05) is 17.5 Å². The number of thioether (sulfide) groups is 1. The molecular weight excluding hydrogens is 358 g/mol. The van der Waals surface area contributed by atoms with Gasteiger partial charge in [-0.1, -0.05) is 30.0 Å². The maximum Gasteiger partial charge on any atom is 0.277 e. The summed E-state index contributed by atoms with van der Waals surface area (Å²) in [6, 6.07) is 10.7. The Morgan fingerprint density at radius 1 is 1.20 bits per heavy atom. The molecule has 0 aliphatic rings. The number of nitrogens with one attached hydrogen (secondary N) is 1. The summed E-state index contributed by atoms with van der Waals surface area (Å²) < 4.78 is 5.58. The van der Waals surface area contributed by atoms with Crippen LogP contribution in [-0.4, -0.2) is 27.1 Å². The summed E-state index contributed by atoms with van der Waals surface area (Å²) in [6.45, 7) is 3.21. The SMILES string of the molecule is CC(=O)c1ccccc1NC(=O)[C@@H](C)Sc1nnc(-c2cccs2)o1. The summed E-state index contributed by atoms with van der Waals surface area (Å²) in [5.41, 5.74) is 0.975. The molecule has 0 saturated carbocycles. The predicted molar refractivity (Wildman–Crippen MR) is 98.0 cm³/mol. The summed E-state index contributed by atoms with van der Waals surface area (Å²) in [7, 11) is 0. The molecule has 128 valence electrons. The molecule has 0 spiro atoms. The van der Waals surface area contributed by atoms with Gasteiger partial charge in [0, 0.05) is 5.56 Å². The number of nitrogens with zero attached hydrogens (tertiary/aromatic N) is 2. The predicted octanol–water partition coefficient (Wildman–Crippen LogP) is 4.12. The van der Waals surface area contributed by atoms with Gasteiger partial charge in [0.05, 0.1) is 15.8 Å². The number of hydrogen-bond donors (Lipinski definition) is 1. The van der Waals surface area contributed by atoms with Crippen molar-refractivity contribution in [2.45, 2.75) is 24.3 Å². The molecule has 25 heavy (non-hydrogen) atoms. The molecule has 0 aliphatic heterocycles. The second kappa shape index (κ2) is 7.62. The summed E-state index contributed by atoms with van der Waals surface area (Å²) in [6.07, 6.45) is 0. The number of rotatable bonds is 6. The lowest BCUT2D eigenvalue weighted by Crippen LogP contribution is -2.23. The third-order valence-corrected chi connectivity index (χ3v) is 5.14. The minimum absolute atomic E-state index is 0.103. The molecule has 0 radical (unpaired) electrons. The van der Waals surface area contributed by atoms with Crippen molar-refractivity contribution in [1.82, 2.24) is 10.2 Å². The molecule has 1 N–H and O–H groups in total. The van der Waals surface area contributed by atoms with Crippen LogP contribution in [0, 0.1) is 0 Å². The molecule has 0 bridgehead atoms. The van der Waals surface area contributed by atoms with E-state index in [4.69, 9.17) is 4.42 Å². The molecule has 1 amide bonds. The third kappa shape index (κ3) is 4.15. The number of benzene rings is 1. The highest BCUT2D eigenvalue weighted by Gasteiger charge is 2.20. The summed E-state index contributed by atoms with van der Waals surface area (Å²) in [5, 5.41) is 12.5. The van der Waals surface area contributed by atoms with Crippen LogP contribution in [0.4, 0.5) is 5.69 Å². The Balaban J connectivity index is 1.66. The van der Waals surface area contributed by atoms with E-state index in [9.17, 15) is 9.59 Å². The van der Waals surface area contributed by atoms with E-state index in [1.54, 1.807) is 31.2 Å². The zero-order valence-corrected chi connectivity index (χ0v) is 15.2. The minimum Gasteiger partial charge on any atom is -0.410 e. The Kier molecular flexibility index (Phi) is 5.30. The van der Waals surface area contributed by atoms with Gasteiger partial charge in [-0.2, -0.15) is 0 Å². The van der Waals surface area contributed by atoms with Crippen molar-refractivity contribution < 1.29 is 14.0 Å². The molecule has 6 nitrogen and oxygen atoms in total. The van der Waals surface area contributed by atoms with E-state index in [0.29, 0.717) is 22.4 Å². The van der Waals surface area contributed by atoms with E-state index in [0.717, 1.165) is 4.88 Å². The Bertz CT molecular complexity index is 890. The van der Waals surface area contributed by atoms with Crippen LogP contribution >= 0.6 is 23.1 Å². The van der Waals surface area contributed by atoms with Crippen LogP contribution in [0.3, 0.4) is 0 Å². The van der Waals surface area contributed by atoms with Crippen molar-refractivity contribution >= 4 is 40.5 Å². The average Bonchev–Trinajstić information content (AvgIpc) is 3.26. The lowest BCUT2D eigenvalue weighted by molar-refractivity contribution is -0.115. The van der Waals surface area contributed by atoms with Crippen LogP contribution in [0.2, 0.25) is 0 Å². The normalized spacial score (nSPS) is 11.9. The number of ketones is 1. The molecule has 2 aromatic heterocycles. The largest absolute Gasteiger partial charge is 0.410 e. The molecular formula is C17H15N3O3S2. The van der Waals surface area contributed by atoms with Crippen molar-refractivity contribution in [3.8, 4) is 10.8 Å². The average molecular weight is 373 g/mol. The quantitative estimate of drug-likeness (QED) is 0.517. The number of carbonyl (C=O) groups excluding carboxylic acids is 2. The number of aromatic nitrogens is 2. The van der Waals surface area contributed by atoms with Crippen LogP contribution in [0.25, 0.3) is 10.8 Å². The zero-order valence-electron chi connectivity index (χ0n) is 13.6. The van der Waals surface area contributed by atoms with Gasteiger partial charge in [-0.3, -0.25) is 9.59 Å². The van der Waals surface area contributed by atoms with Gasteiger partial charge in [-0.25, -0.2) is 0 Å². The van der Waals surface area contributed by atoms with E-state index in [2.05, 4.69) is 15.5 Å². The molecule has 3 aromatic rings.